The van der Waals surface area contributed by atoms with Gasteiger partial charge in [-0.25, -0.2) is 4.79 Å². The van der Waals surface area contributed by atoms with E-state index in [1.165, 1.54) is 10.5 Å². The van der Waals surface area contributed by atoms with Crippen LogP contribution in [0.1, 0.15) is 15.9 Å². The minimum Gasteiger partial charge on any atom is -0.478 e. The molecule has 2 aromatic carbocycles. The van der Waals surface area contributed by atoms with Gasteiger partial charge >= 0.3 is 5.97 Å². The van der Waals surface area contributed by atoms with E-state index in [4.69, 9.17) is 5.11 Å². The van der Waals surface area contributed by atoms with E-state index in [1.54, 1.807) is 23.9 Å². The van der Waals surface area contributed by atoms with E-state index in [-0.39, 0.29) is 0 Å². The Bertz CT molecular complexity index is 625. The Hall–Kier alpha value is -1.94. The molecule has 18 heavy (non-hydrogen) atoms. The highest BCUT2D eigenvalue weighted by molar-refractivity contribution is 7.99. The minimum atomic E-state index is -0.893. The number of carbonyl (C=O) groups is 1. The first-order chi connectivity index (χ1) is 8.74. The third-order valence-corrected chi connectivity index (χ3v) is 4.07. The van der Waals surface area contributed by atoms with Gasteiger partial charge in [0.25, 0.3) is 0 Å². The highest BCUT2D eigenvalue weighted by atomic mass is 32.2. The normalized spacial score (nSPS) is 12.9. The van der Waals surface area contributed by atoms with Crippen LogP contribution in [-0.2, 0) is 6.54 Å². The number of fused-ring (bicyclic) bond motifs is 2. The van der Waals surface area contributed by atoms with E-state index in [0.29, 0.717) is 5.56 Å². The van der Waals surface area contributed by atoms with E-state index < -0.39 is 5.97 Å². The highest BCUT2D eigenvalue weighted by Crippen LogP contribution is 2.38. The lowest BCUT2D eigenvalue weighted by Crippen LogP contribution is -2.00. The maximum Gasteiger partial charge on any atom is 0.335 e. The van der Waals surface area contributed by atoms with Gasteiger partial charge in [0, 0.05) is 22.0 Å². The summed E-state index contributed by atoms with van der Waals surface area (Å²) in [5.74, 6) is -0.893. The monoisotopic (exact) mass is 257 g/mol. The van der Waals surface area contributed by atoms with Crippen molar-refractivity contribution in [1.82, 2.24) is 0 Å². The Balaban J connectivity index is 2.07. The zero-order valence-electron chi connectivity index (χ0n) is 9.51. The predicted octanol–water partition coefficient (Wildman–Crippen LogP) is 3.46. The molecule has 0 atom stereocenters. The molecule has 3 rings (SSSR count). The van der Waals surface area contributed by atoms with Gasteiger partial charge in [-0.05, 0) is 29.8 Å². The molecule has 0 spiro atoms. The van der Waals surface area contributed by atoms with Crippen LogP contribution in [0.3, 0.4) is 0 Å². The van der Waals surface area contributed by atoms with Crippen molar-refractivity contribution in [3.8, 4) is 0 Å². The van der Waals surface area contributed by atoms with Gasteiger partial charge in [0.1, 0.15) is 0 Å². The summed E-state index contributed by atoms with van der Waals surface area (Å²) in [7, 11) is 0. The molecule has 1 heterocycles. The third-order valence-electron chi connectivity index (χ3n) is 2.89. The maximum absolute atomic E-state index is 11.0. The van der Waals surface area contributed by atoms with Crippen LogP contribution in [-0.4, -0.2) is 11.1 Å². The summed E-state index contributed by atoms with van der Waals surface area (Å²) in [6.45, 7) is 0.766. The molecule has 0 aromatic heterocycles. The Labute approximate surface area is 109 Å². The third kappa shape index (κ3) is 1.95. The van der Waals surface area contributed by atoms with Crippen molar-refractivity contribution in [1.29, 1.82) is 0 Å². The number of aromatic carboxylic acids is 1. The molecule has 0 fully saturated rings. The lowest BCUT2D eigenvalue weighted by atomic mass is 10.2. The second-order valence-electron chi connectivity index (χ2n) is 4.08. The van der Waals surface area contributed by atoms with Gasteiger partial charge in [0.2, 0.25) is 0 Å². The van der Waals surface area contributed by atoms with Crippen molar-refractivity contribution in [2.45, 2.75) is 16.3 Å². The SMILES string of the molecule is O=C(O)c1ccc2c(c1)Sc1ccccc1CN2. The number of carboxylic acid groups (broad SMARTS) is 1. The molecule has 0 saturated heterocycles. The van der Waals surface area contributed by atoms with Gasteiger partial charge in [0.05, 0.1) is 5.56 Å². The van der Waals surface area contributed by atoms with Gasteiger partial charge in [-0.2, -0.15) is 0 Å². The number of nitrogens with one attached hydrogen (secondary N) is 1. The Morgan fingerprint density at radius 2 is 2.00 bits per heavy atom. The van der Waals surface area contributed by atoms with E-state index in [0.717, 1.165) is 17.1 Å². The zero-order valence-corrected chi connectivity index (χ0v) is 10.3. The standard InChI is InChI=1S/C14H11NO2S/c16-14(17)9-5-6-11-13(7-9)18-12-4-2-1-3-10(12)8-15-11/h1-7,15H,8H2,(H,16,17). The summed E-state index contributed by atoms with van der Waals surface area (Å²) >= 11 is 1.61. The lowest BCUT2D eigenvalue weighted by Gasteiger charge is -2.07. The van der Waals surface area contributed by atoms with Gasteiger partial charge in [-0.15, -0.1) is 0 Å². The van der Waals surface area contributed by atoms with Gasteiger partial charge < -0.3 is 10.4 Å². The quantitative estimate of drug-likeness (QED) is 0.821. The van der Waals surface area contributed by atoms with Gasteiger partial charge in [-0.3, -0.25) is 0 Å². The van der Waals surface area contributed by atoms with Crippen LogP contribution in [0.25, 0.3) is 0 Å². The largest absolute Gasteiger partial charge is 0.478 e. The lowest BCUT2D eigenvalue weighted by molar-refractivity contribution is 0.0696. The number of anilines is 1. The number of hydrogen-bond acceptors (Lipinski definition) is 3. The number of rotatable bonds is 1. The Morgan fingerprint density at radius 3 is 2.83 bits per heavy atom. The second kappa shape index (κ2) is 4.38. The Kier molecular flexibility index (Phi) is 2.72. The smallest absolute Gasteiger partial charge is 0.335 e. The van der Waals surface area contributed by atoms with E-state index in [9.17, 15) is 4.79 Å². The molecule has 0 aliphatic carbocycles. The molecule has 4 heteroatoms. The molecule has 0 unspecified atom stereocenters. The van der Waals surface area contributed by atoms with Crippen LogP contribution in [0.4, 0.5) is 5.69 Å². The second-order valence-corrected chi connectivity index (χ2v) is 5.16. The molecule has 1 aliphatic heterocycles. The molecule has 3 nitrogen and oxygen atoms in total. The van der Waals surface area contributed by atoms with Crippen molar-refractivity contribution in [2.75, 3.05) is 5.32 Å². The highest BCUT2D eigenvalue weighted by Gasteiger charge is 2.14. The average molecular weight is 257 g/mol. The number of carboxylic acids is 1. The van der Waals surface area contributed by atoms with Crippen LogP contribution in [0.15, 0.2) is 52.3 Å². The van der Waals surface area contributed by atoms with Crippen molar-refractivity contribution < 1.29 is 9.90 Å². The number of benzene rings is 2. The molecule has 0 radical (unpaired) electrons. The fourth-order valence-corrected chi connectivity index (χ4v) is 3.04. The molecule has 90 valence electrons. The van der Waals surface area contributed by atoms with Crippen molar-refractivity contribution in [3.05, 3.63) is 53.6 Å². The van der Waals surface area contributed by atoms with E-state index >= 15 is 0 Å². The van der Waals surface area contributed by atoms with Crippen molar-refractivity contribution >= 4 is 23.4 Å². The molecule has 0 bridgehead atoms. The van der Waals surface area contributed by atoms with Crippen LogP contribution in [0.5, 0.6) is 0 Å². The Morgan fingerprint density at radius 1 is 1.17 bits per heavy atom. The molecule has 0 saturated carbocycles. The average Bonchev–Trinajstić information content (AvgIpc) is 2.56. The molecular weight excluding hydrogens is 246 g/mol. The molecular formula is C14H11NO2S. The maximum atomic E-state index is 11.0. The first kappa shape index (κ1) is 11.2. The molecule has 2 aromatic rings. The fourth-order valence-electron chi connectivity index (χ4n) is 1.94. The number of hydrogen-bond donors (Lipinski definition) is 2. The first-order valence-corrected chi connectivity index (χ1v) is 6.42. The van der Waals surface area contributed by atoms with E-state index in [1.807, 2.05) is 18.2 Å². The first-order valence-electron chi connectivity index (χ1n) is 5.61. The topological polar surface area (TPSA) is 49.3 Å². The summed E-state index contributed by atoms with van der Waals surface area (Å²) < 4.78 is 0. The van der Waals surface area contributed by atoms with E-state index in [2.05, 4.69) is 17.4 Å². The van der Waals surface area contributed by atoms with Gasteiger partial charge in [-0.1, -0.05) is 30.0 Å². The van der Waals surface area contributed by atoms with Crippen LogP contribution < -0.4 is 5.32 Å². The predicted molar refractivity (Wildman–Crippen MR) is 71.3 cm³/mol. The molecule has 0 amide bonds. The van der Waals surface area contributed by atoms with Crippen LogP contribution in [0.2, 0.25) is 0 Å². The van der Waals surface area contributed by atoms with Crippen LogP contribution >= 0.6 is 11.8 Å². The molecule has 2 N–H and O–H groups in total. The van der Waals surface area contributed by atoms with Crippen LogP contribution in [0, 0.1) is 0 Å². The summed E-state index contributed by atoms with van der Waals surface area (Å²) in [6, 6.07) is 13.3. The fraction of sp³-hybridized carbons (Fsp3) is 0.0714. The van der Waals surface area contributed by atoms with Crippen molar-refractivity contribution in [2.24, 2.45) is 0 Å². The summed E-state index contributed by atoms with van der Waals surface area (Å²) in [4.78, 5) is 13.1. The minimum absolute atomic E-state index is 0.322. The summed E-state index contributed by atoms with van der Waals surface area (Å²) in [5.41, 5.74) is 2.54. The zero-order chi connectivity index (χ0) is 12.5. The van der Waals surface area contributed by atoms with Gasteiger partial charge in [0.15, 0.2) is 0 Å². The summed E-state index contributed by atoms with van der Waals surface area (Å²) in [5, 5.41) is 12.4. The van der Waals surface area contributed by atoms with Crippen molar-refractivity contribution in [3.63, 3.8) is 0 Å². The molecule has 1 aliphatic rings. The summed E-state index contributed by atoms with van der Waals surface area (Å²) in [6.07, 6.45) is 0.